The van der Waals surface area contributed by atoms with E-state index in [-0.39, 0.29) is 35.3 Å². The largest absolute Gasteiger partial charge is 0.478 e. The molecule has 0 aromatic heterocycles. The Kier molecular flexibility index (Phi) is 11.8. The van der Waals surface area contributed by atoms with Gasteiger partial charge in [0, 0.05) is 28.7 Å². The van der Waals surface area contributed by atoms with Gasteiger partial charge in [0.1, 0.15) is 12.7 Å². The summed E-state index contributed by atoms with van der Waals surface area (Å²) in [5.74, 6) is -3.50. The highest BCUT2D eigenvalue weighted by Gasteiger charge is 2.21. The van der Waals surface area contributed by atoms with Gasteiger partial charge in [0.05, 0.1) is 0 Å². The molecule has 0 saturated heterocycles. The van der Waals surface area contributed by atoms with Crippen molar-refractivity contribution in [1.82, 2.24) is 0 Å². The molecule has 0 rings (SSSR count). The number of hydrogen-bond donors (Lipinski definition) is 2. The highest BCUT2D eigenvalue weighted by Crippen LogP contribution is 2.11. The molecule has 8 nitrogen and oxygen atoms in total. The molecule has 0 fully saturated rings. The topological polar surface area (TPSA) is 127 Å². The Morgan fingerprint density at radius 2 is 1.23 bits per heavy atom. The van der Waals surface area contributed by atoms with Gasteiger partial charge in [-0.1, -0.05) is 26.3 Å². The summed E-state index contributed by atoms with van der Waals surface area (Å²) < 4.78 is 9.84. The molecule has 0 radical (unpaired) electrons. The molecule has 26 heavy (non-hydrogen) atoms. The molecule has 144 valence electrons. The minimum atomic E-state index is -1.22. The van der Waals surface area contributed by atoms with Crippen LogP contribution in [-0.4, -0.2) is 46.8 Å². The smallest absolute Gasteiger partial charge is 0.333 e. The van der Waals surface area contributed by atoms with E-state index >= 15 is 0 Å². The number of ether oxygens (including phenoxy) is 2. The van der Waals surface area contributed by atoms with Crippen LogP contribution in [-0.2, 0) is 28.7 Å². The van der Waals surface area contributed by atoms with Crippen molar-refractivity contribution in [1.29, 1.82) is 0 Å². The van der Waals surface area contributed by atoms with Gasteiger partial charge in [-0.3, -0.25) is 0 Å². The number of carboxylic acids is 2. The predicted molar refractivity (Wildman–Crippen MR) is 94.3 cm³/mol. The van der Waals surface area contributed by atoms with E-state index in [0.29, 0.717) is 0 Å². The maximum atomic E-state index is 11.4. The number of carbonyl (C=O) groups is 4. The normalized spacial score (nSPS) is 10.3. The van der Waals surface area contributed by atoms with Crippen LogP contribution in [0.4, 0.5) is 0 Å². The Hall–Kier alpha value is -3.16. The van der Waals surface area contributed by atoms with Crippen LogP contribution in [0.1, 0.15) is 27.2 Å². The number of hydrogen-bond acceptors (Lipinski definition) is 6. The summed E-state index contributed by atoms with van der Waals surface area (Å²) in [6, 6.07) is 0. The molecule has 0 saturated carbocycles. The third-order valence-corrected chi connectivity index (χ3v) is 2.51. The summed E-state index contributed by atoms with van der Waals surface area (Å²) >= 11 is 0. The Bertz CT molecular complexity index is 587. The van der Waals surface area contributed by atoms with E-state index in [4.69, 9.17) is 19.7 Å². The highest BCUT2D eigenvalue weighted by molar-refractivity contribution is 5.88. The maximum Gasteiger partial charge on any atom is 0.333 e. The summed E-state index contributed by atoms with van der Waals surface area (Å²) in [7, 11) is 0. The Morgan fingerprint density at radius 1 is 0.808 bits per heavy atom. The second kappa shape index (κ2) is 12.2. The molecular formula is C18H24O8. The highest BCUT2D eigenvalue weighted by atomic mass is 16.6. The van der Waals surface area contributed by atoms with Gasteiger partial charge in [0.2, 0.25) is 0 Å². The summed E-state index contributed by atoms with van der Waals surface area (Å²) in [6.45, 7) is 17.4. The van der Waals surface area contributed by atoms with Gasteiger partial charge in [-0.05, 0) is 20.8 Å². The monoisotopic (exact) mass is 368 g/mol. The van der Waals surface area contributed by atoms with Crippen LogP contribution in [0.25, 0.3) is 0 Å². The van der Waals surface area contributed by atoms with Crippen molar-refractivity contribution < 1.29 is 38.9 Å². The van der Waals surface area contributed by atoms with Gasteiger partial charge in [-0.25, -0.2) is 19.2 Å². The van der Waals surface area contributed by atoms with E-state index in [1.165, 1.54) is 20.8 Å². The molecule has 0 bridgehead atoms. The van der Waals surface area contributed by atoms with Crippen LogP contribution in [0.15, 0.2) is 48.6 Å². The summed E-state index contributed by atoms with van der Waals surface area (Å²) in [5, 5.41) is 16.7. The third-order valence-electron chi connectivity index (χ3n) is 2.51. The number of carboxylic acid groups (broad SMARTS) is 2. The van der Waals surface area contributed by atoms with Crippen LogP contribution in [0.3, 0.4) is 0 Å². The molecule has 1 unspecified atom stereocenters. The van der Waals surface area contributed by atoms with Crippen LogP contribution in [0.5, 0.6) is 0 Å². The number of carbonyl (C=O) groups excluding carboxylic acids is 2. The number of aliphatic carboxylic acids is 2. The van der Waals surface area contributed by atoms with Gasteiger partial charge in [0.25, 0.3) is 0 Å². The zero-order chi connectivity index (χ0) is 21.0. The van der Waals surface area contributed by atoms with Crippen molar-refractivity contribution in [3.8, 4) is 0 Å². The second-order valence-electron chi connectivity index (χ2n) is 5.38. The molecular weight excluding hydrogens is 344 g/mol. The first kappa shape index (κ1) is 25.1. The number of esters is 2. The first-order valence-corrected chi connectivity index (χ1v) is 7.28. The molecule has 0 aliphatic carbocycles. The summed E-state index contributed by atoms with van der Waals surface area (Å²) in [5.41, 5.74) is 0.361. The van der Waals surface area contributed by atoms with Crippen molar-refractivity contribution >= 4 is 23.9 Å². The number of rotatable bonds is 9. The van der Waals surface area contributed by atoms with E-state index in [0.717, 1.165) is 0 Å². The molecule has 0 aromatic rings. The molecule has 1 atom stereocenters. The zero-order valence-electron chi connectivity index (χ0n) is 15.2. The van der Waals surface area contributed by atoms with E-state index in [1.54, 1.807) is 0 Å². The van der Waals surface area contributed by atoms with Crippen LogP contribution >= 0.6 is 0 Å². The average Bonchev–Trinajstić information content (AvgIpc) is 2.51. The van der Waals surface area contributed by atoms with E-state index < -0.39 is 30.0 Å². The summed E-state index contributed by atoms with van der Waals surface area (Å²) in [6.07, 6.45) is -1.09. The SMILES string of the molecule is C=C(C)C(=O)O.C=C(C)C(=O)OCC(CC(=C)C(=O)O)OC(=O)C(=C)C. The minimum absolute atomic E-state index is 0.155. The van der Waals surface area contributed by atoms with Crippen molar-refractivity contribution in [2.75, 3.05) is 6.61 Å². The Labute approximate surface area is 152 Å². The maximum absolute atomic E-state index is 11.4. The van der Waals surface area contributed by atoms with Gasteiger partial charge >= 0.3 is 23.9 Å². The average molecular weight is 368 g/mol. The van der Waals surface area contributed by atoms with Crippen LogP contribution < -0.4 is 0 Å². The predicted octanol–water partition coefficient (Wildman–Crippen LogP) is 2.27. The lowest BCUT2D eigenvalue weighted by molar-refractivity contribution is -0.154. The van der Waals surface area contributed by atoms with Crippen molar-refractivity contribution in [2.45, 2.75) is 33.3 Å². The van der Waals surface area contributed by atoms with Gasteiger partial charge in [0.15, 0.2) is 0 Å². The lowest BCUT2D eigenvalue weighted by Gasteiger charge is -2.18. The third kappa shape index (κ3) is 12.3. The zero-order valence-corrected chi connectivity index (χ0v) is 15.2. The minimum Gasteiger partial charge on any atom is -0.478 e. The van der Waals surface area contributed by atoms with Gasteiger partial charge in [-0.15, -0.1) is 0 Å². The first-order valence-electron chi connectivity index (χ1n) is 7.28. The fourth-order valence-electron chi connectivity index (χ4n) is 1.04. The fourth-order valence-corrected chi connectivity index (χ4v) is 1.04. The van der Waals surface area contributed by atoms with Gasteiger partial charge < -0.3 is 19.7 Å². The van der Waals surface area contributed by atoms with E-state index in [2.05, 4.69) is 26.3 Å². The summed E-state index contributed by atoms with van der Waals surface area (Å²) in [4.78, 5) is 43.0. The van der Waals surface area contributed by atoms with Gasteiger partial charge in [-0.2, -0.15) is 0 Å². The lowest BCUT2D eigenvalue weighted by atomic mass is 10.1. The molecule has 2 N–H and O–H groups in total. The molecule has 0 heterocycles. The van der Waals surface area contributed by atoms with E-state index in [9.17, 15) is 19.2 Å². The molecule has 0 aliphatic rings. The molecule has 0 aromatic carbocycles. The second-order valence-corrected chi connectivity index (χ2v) is 5.38. The van der Waals surface area contributed by atoms with E-state index in [1.807, 2.05) is 0 Å². The molecule has 0 spiro atoms. The van der Waals surface area contributed by atoms with Crippen molar-refractivity contribution in [3.63, 3.8) is 0 Å². The van der Waals surface area contributed by atoms with Crippen LogP contribution in [0, 0.1) is 0 Å². The van der Waals surface area contributed by atoms with Crippen molar-refractivity contribution in [2.24, 2.45) is 0 Å². The Morgan fingerprint density at radius 3 is 1.54 bits per heavy atom. The molecule has 0 aliphatic heterocycles. The molecule has 8 heteroatoms. The quantitative estimate of drug-likeness (QED) is 0.469. The Balaban J connectivity index is 0. The molecule has 0 amide bonds. The fraction of sp³-hybridized carbons (Fsp3) is 0.333. The van der Waals surface area contributed by atoms with Crippen LogP contribution in [0.2, 0.25) is 0 Å². The standard InChI is InChI=1S/C14H18O6.C4H6O2/c1-8(2)13(17)19-7-11(6-10(5)12(15)16)20-14(18)9(3)4;1-3(2)4(5)6/h11H,1,3,5-7H2,2,4H3,(H,15,16);1H2,2H3,(H,5,6). The lowest BCUT2D eigenvalue weighted by Crippen LogP contribution is -2.27. The first-order chi connectivity index (χ1) is 11.8. The van der Waals surface area contributed by atoms with Crippen molar-refractivity contribution in [3.05, 3.63) is 48.6 Å².